The second-order valence-electron chi connectivity index (χ2n) is 10.6. The van der Waals surface area contributed by atoms with Gasteiger partial charge in [0, 0.05) is 5.92 Å². The van der Waals surface area contributed by atoms with E-state index in [2.05, 4.69) is 19.9 Å². The molecule has 2 heterocycles. The van der Waals surface area contributed by atoms with Crippen LogP contribution in [0.25, 0.3) is 6.08 Å². The monoisotopic (exact) mass is 499 g/mol. The van der Waals surface area contributed by atoms with Crippen LogP contribution in [-0.4, -0.2) is 29.6 Å². The molecule has 2 fully saturated rings. The molecule has 1 aliphatic carbocycles. The van der Waals surface area contributed by atoms with Gasteiger partial charge in [-0.1, -0.05) is 74.2 Å². The van der Waals surface area contributed by atoms with Gasteiger partial charge in [-0.3, -0.25) is 14.5 Å². The third-order valence-corrected chi connectivity index (χ3v) is 8.14. The Kier molecular flexibility index (Phi) is 7.61. The fourth-order valence-corrected chi connectivity index (χ4v) is 6.56. The van der Waals surface area contributed by atoms with Crippen LogP contribution in [0.4, 0.5) is 5.69 Å². The molecule has 5 rings (SSSR count). The van der Waals surface area contributed by atoms with Crippen LogP contribution < -0.4 is 4.90 Å². The Morgan fingerprint density at radius 1 is 0.973 bits per heavy atom. The van der Waals surface area contributed by atoms with Crippen LogP contribution in [0.2, 0.25) is 0 Å². The second kappa shape index (κ2) is 11.1. The van der Waals surface area contributed by atoms with Crippen LogP contribution in [0.5, 0.6) is 5.75 Å². The number of allylic oxidation sites excluding steroid dienone is 2. The van der Waals surface area contributed by atoms with Crippen LogP contribution in [-0.2, 0) is 14.3 Å². The van der Waals surface area contributed by atoms with Crippen molar-refractivity contribution in [3.63, 3.8) is 0 Å². The van der Waals surface area contributed by atoms with E-state index >= 15 is 0 Å². The summed E-state index contributed by atoms with van der Waals surface area (Å²) in [7, 11) is 0. The molecule has 1 N–H and O–H groups in total. The van der Waals surface area contributed by atoms with Gasteiger partial charge in [-0.25, -0.2) is 0 Å². The third kappa shape index (κ3) is 5.02. The summed E-state index contributed by atoms with van der Waals surface area (Å²) in [6, 6.07) is 16.7. The maximum atomic E-state index is 13.6. The number of fused-ring (bicyclic) bond motifs is 3. The van der Waals surface area contributed by atoms with E-state index in [1.54, 1.807) is 12.1 Å². The van der Waals surface area contributed by atoms with Crippen molar-refractivity contribution >= 4 is 23.6 Å². The number of rotatable bonds is 9. The first-order chi connectivity index (χ1) is 18.0. The number of hydrogen-bond acceptors (Lipinski definition) is 4. The summed E-state index contributed by atoms with van der Waals surface area (Å²) in [5.74, 6) is -0.462. The largest absolute Gasteiger partial charge is 0.508 e. The number of ether oxygens (including phenoxy) is 1. The number of hydrogen-bond donors (Lipinski definition) is 1. The fraction of sp³-hybridized carbons (Fsp3) is 0.438. The van der Waals surface area contributed by atoms with E-state index in [0.717, 1.165) is 44.1 Å². The number of phenolic OH excluding ortho intramolecular Hbond substituents is 1. The number of benzene rings is 2. The number of carbonyl (C=O) groups excluding carboxylic acids is 2. The van der Waals surface area contributed by atoms with E-state index in [4.69, 9.17) is 4.74 Å². The molecule has 0 spiro atoms. The summed E-state index contributed by atoms with van der Waals surface area (Å²) >= 11 is 0. The molecule has 194 valence electrons. The highest BCUT2D eigenvalue weighted by atomic mass is 16.5. The Labute approximate surface area is 219 Å². The van der Waals surface area contributed by atoms with E-state index in [-0.39, 0.29) is 41.4 Å². The van der Waals surface area contributed by atoms with Crippen molar-refractivity contribution in [2.24, 2.45) is 17.8 Å². The Balaban J connectivity index is 1.38. The quantitative estimate of drug-likeness (QED) is 0.309. The number of amides is 2. The molecule has 0 bridgehead atoms. The second-order valence-corrected chi connectivity index (χ2v) is 10.6. The van der Waals surface area contributed by atoms with E-state index in [1.165, 1.54) is 21.6 Å². The number of carbonyl (C=O) groups is 2. The molecule has 5 nitrogen and oxygen atoms in total. The minimum Gasteiger partial charge on any atom is -0.508 e. The predicted molar refractivity (Wildman–Crippen MR) is 146 cm³/mol. The lowest BCUT2D eigenvalue weighted by Crippen LogP contribution is -2.34. The van der Waals surface area contributed by atoms with E-state index in [1.807, 2.05) is 42.5 Å². The van der Waals surface area contributed by atoms with Crippen molar-refractivity contribution in [3.8, 4) is 5.75 Å². The Morgan fingerprint density at radius 3 is 2.43 bits per heavy atom. The molecule has 5 heteroatoms. The summed E-state index contributed by atoms with van der Waals surface area (Å²) in [4.78, 5) is 28.5. The molecular weight excluding hydrogens is 462 g/mol. The number of anilines is 1. The Bertz CT molecular complexity index is 1200. The molecule has 0 unspecified atom stereocenters. The fourth-order valence-electron chi connectivity index (χ4n) is 6.56. The molecule has 2 aliphatic heterocycles. The molecule has 0 saturated carbocycles. The first kappa shape index (κ1) is 25.5. The number of aromatic hydroxyl groups is 1. The maximum Gasteiger partial charge on any atom is 0.238 e. The normalized spacial score (nSPS) is 25.6. The average molecular weight is 500 g/mol. The average Bonchev–Trinajstić information content (AvgIpc) is 3.43. The lowest BCUT2D eigenvalue weighted by molar-refractivity contribution is -0.122. The van der Waals surface area contributed by atoms with Crippen molar-refractivity contribution in [3.05, 3.63) is 76.9 Å². The van der Waals surface area contributed by atoms with Crippen LogP contribution in [0, 0.1) is 17.8 Å². The molecule has 0 aromatic heterocycles. The van der Waals surface area contributed by atoms with Crippen LogP contribution in [0.3, 0.4) is 0 Å². The summed E-state index contributed by atoms with van der Waals surface area (Å²) < 4.78 is 6.40. The lowest BCUT2D eigenvalue weighted by Gasteiger charge is -2.32. The van der Waals surface area contributed by atoms with Crippen LogP contribution in [0.1, 0.15) is 64.4 Å². The van der Waals surface area contributed by atoms with E-state index < -0.39 is 0 Å². The number of para-hydroxylation sites is 1. The zero-order chi connectivity index (χ0) is 25.9. The highest BCUT2D eigenvalue weighted by Crippen LogP contribution is 2.51. The SMILES string of the molecule is CCCC1=C2[C@@H](CC/C(=C/c3ccc(O)cc3)CCC)OC[C@@H]2[C@@H]2C(=O)N(c3ccccc3)C(=O)[C@@H]2C1. The standard InChI is InChI=1S/C32H37NO4/c1-3-8-21(18-22-12-15-25(34)16-13-22)14-17-28-29-23(9-4-2)19-26-30(27(29)20-37-28)32(36)33(31(26)35)24-10-6-5-7-11-24/h5-7,10-13,15-16,18,26-28,30,34H,3-4,8-9,14,17,19-20H2,1-2H3/b21-18+/t26-,27+,28-,30-/m1/s1. The summed E-state index contributed by atoms with van der Waals surface area (Å²) in [5, 5.41) is 9.61. The smallest absolute Gasteiger partial charge is 0.238 e. The molecule has 2 saturated heterocycles. The Hall–Kier alpha value is -3.18. The molecule has 0 radical (unpaired) electrons. The molecule has 2 amide bonds. The van der Waals surface area contributed by atoms with Crippen LogP contribution >= 0.6 is 0 Å². The van der Waals surface area contributed by atoms with Gasteiger partial charge in [-0.15, -0.1) is 0 Å². The summed E-state index contributed by atoms with van der Waals surface area (Å²) in [6.45, 7) is 4.88. The summed E-state index contributed by atoms with van der Waals surface area (Å²) in [6.07, 6.45) is 8.75. The molecular formula is C32H37NO4. The molecule has 2 aromatic rings. The van der Waals surface area contributed by atoms with Crippen LogP contribution in [0.15, 0.2) is 71.3 Å². The van der Waals surface area contributed by atoms with Gasteiger partial charge in [0.15, 0.2) is 0 Å². The van der Waals surface area contributed by atoms with Gasteiger partial charge in [-0.05, 0) is 67.5 Å². The molecule has 3 aliphatic rings. The zero-order valence-corrected chi connectivity index (χ0v) is 21.9. The highest BCUT2D eigenvalue weighted by Gasteiger charge is 2.57. The third-order valence-electron chi connectivity index (χ3n) is 8.14. The van der Waals surface area contributed by atoms with Gasteiger partial charge in [0.05, 0.1) is 30.2 Å². The van der Waals surface area contributed by atoms with Gasteiger partial charge in [0.1, 0.15) is 5.75 Å². The van der Waals surface area contributed by atoms with Crippen molar-refractivity contribution in [1.82, 2.24) is 0 Å². The zero-order valence-electron chi connectivity index (χ0n) is 21.9. The summed E-state index contributed by atoms with van der Waals surface area (Å²) in [5.41, 5.74) is 5.78. The first-order valence-corrected chi connectivity index (χ1v) is 13.8. The maximum absolute atomic E-state index is 13.6. The van der Waals surface area contributed by atoms with E-state index in [9.17, 15) is 14.7 Å². The van der Waals surface area contributed by atoms with Gasteiger partial charge in [0.2, 0.25) is 11.8 Å². The van der Waals surface area contributed by atoms with Gasteiger partial charge in [-0.2, -0.15) is 0 Å². The Morgan fingerprint density at radius 2 is 1.73 bits per heavy atom. The molecule has 2 aromatic carbocycles. The number of imide groups is 1. The van der Waals surface area contributed by atoms with Crippen molar-refractivity contribution in [1.29, 1.82) is 0 Å². The lowest BCUT2D eigenvalue weighted by atomic mass is 9.68. The van der Waals surface area contributed by atoms with Crippen molar-refractivity contribution in [2.45, 2.75) is 64.9 Å². The molecule has 4 atom stereocenters. The van der Waals surface area contributed by atoms with Gasteiger partial charge < -0.3 is 9.84 Å². The highest BCUT2D eigenvalue weighted by molar-refractivity contribution is 6.22. The topological polar surface area (TPSA) is 66.8 Å². The minimum atomic E-state index is -0.323. The molecule has 37 heavy (non-hydrogen) atoms. The van der Waals surface area contributed by atoms with E-state index in [0.29, 0.717) is 18.7 Å². The number of nitrogens with zero attached hydrogens (tertiary/aromatic N) is 1. The van der Waals surface area contributed by atoms with Crippen molar-refractivity contribution in [2.75, 3.05) is 11.5 Å². The van der Waals surface area contributed by atoms with Gasteiger partial charge in [0.25, 0.3) is 0 Å². The predicted octanol–water partition coefficient (Wildman–Crippen LogP) is 6.68. The first-order valence-electron chi connectivity index (χ1n) is 13.8. The minimum absolute atomic E-state index is 0.00116. The number of phenols is 1. The van der Waals surface area contributed by atoms with Gasteiger partial charge >= 0.3 is 0 Å². The van der Waals surface area contributed by atoms with Crippen molar-refractivity contribution < 1.29 is 19.4 Å².